The lowest BCUT2D eigenvalue weighted by molar-refractivity contribution is -0.184. The van der Waals surface area contributed by atoms with Crippen LogP contribution in [0, 0.1) is 23.4 Å². The second-order valence-electron chi connectivity index (χ2n) is 10.8. The summed E-state index contributed by atoms with van der Waals surface area (Å²) in [5.41, 5.74) is -3.54. The van der Waals surface area contributed by atoms with Crippen molar-refractivity contribution in [1.29, 1.82) is 0 Å². The van der Waals surface area contributed by atoms with Crippen LogP contribution in [0.3, 0.4) is 0 Å². The van der Waals surface area contributed by atoms with E-state index in [4.69, 9.17) is 14.2 Å². The van der Waals surface area contributed by atoms with Gasteiger partial charge in [-0.2, -0.15) is 13.2 Å². The molecule has 2 aromatic carbocycles. The summed E-state index contributed by atoms with van der Waals surface area (Å²) in [6.45, 7) is -0.567. The van der Waals surface area contributed by atoms with Gasteiger partial charge in [-0.1, -0.05) is 0 Å². The highest BCUT2D eigenvalue weighted by atomic mass is 19.4. The Hall–Kier alpha value is -3.84. The minimum atomic E-state index is -5.15. The molecule has 0 radical (unpaired) electrons. The van der Waals surface area contributed by atoms with Crippen LogP contribution in [0.25, 0.3) is 11.1 Å². The molecule has 0 spiro atoms. The van der Waals surface area contributed by atoms with E-state index in [1.54, 1.807) is 0 Å². The number of carboxylic acid groups (broad SMARTS) is 1. The third-order valence-corrected chi connectivity index (χ3v) is 8.13. The lowest BCUT2D eigenvalue weighted by atomic mass is 9.70. The predicted octanol–water partition coefficient (Wildman–Crippen LogP) is 5.58. The quantitative estimate of drug-likeness (QED) is 0.312. The van der Waals surface area contributed by atoms with Crippen molar-refractivity contribution in [3.63, 3.8) is 0 Å². The molecular formula is C29H23F6NO6. The van der Waals surface area contributed by atoms with Crippen LogP contribution in [-0.2, 0) is 22.3 Å². The summed E-state index contributed by atoms with van der Waals surface area (Å²) < 4.78 is 102. The molecule has 2 N–H and O–H groups in total. The fourth-order valence-corrected chi connectivity index (χ4v) is 5.86. The molecular weight excluding hydrogens is 572 g/mol. The highest BCUT2D eigenvalue weighted by Gasteiger charge is 2.55. The molecule has 2 heterocycles. The number of ether oxygens (including phenoxy) is 3. The molecule has 1 saturated carbocycles. The van der Waals surface area contributed by atoms with Gasteiger partial charge in [0.2, 0.25) is 5.88 Å². The van der Waals surface area contributed by atoms with E-state index in [2.05, 4.69) is 4.98 Å². The van der Waals surface area contributed by atoms with E-state index in [1.807, 2.05) is 0 Å². The molecule has 1 unspecified atom stereocenters. The van der Waals surface area contributed by atoms with Crippen LogP contribution >= 0.6 is 0 Å². The maximum Gasteiger partial charge on any atom is 0.417 e. The summed E-state index contributed by atoms with van der Waals surface area (Å²) in [6.07, 6.45) is -2.90. The van der Waals surface area contributed by atoms with Crippen LogP contribution in [0.4, 0.5) is 26.3 Å². The lowest BCUT2D eigenvalue weighted by Crippen LogP contribution is -2.50. The number of aromatic nitrogens is 1. The monoisotopic (exact) mass is 595 g/mol. The second-order valence-corrected chi connectivity index (χ2v) is 10.8. The molecule has 3 atom stereocenters. The number of nitrogens with zero attached hydrogens (tertiary/aromatic N) is 1. The lowest BCUT2D eigenvalue weighted by Gasteiger charge is -2.36. The Morgan fingerprint density at radius 2 is 1.69 bits per heavy atom. The van der Waals surface area contributed by atoms with Crippen molar-refractivity contribution in [3.05, 3.63) is 76.2 Å². The number of aliphatic hydroxyl groups is 1. The Bertz CT molecular complexity index is 1550. The topological polar surface area (TPSA) is 98.1 Å². The average Bonchev–Trinajstić information content (AvgIpc) is 3.39. The number of pyridine rings is 1. The Morgan fingerprint density at radius 1 is 1.00 bits per heavy atom. The Kier molecular flexibility index (Phi) is 6.84. The zero-order valence-corrected chi connectivity index (χ0v) is 21.7. The first-order valence-electron chi connectivity index (χ1n) is 13.0. The molecule has 3 aliphatic carbocycles. The molecule has 7 rings (SSSR count). The van der Waals surface area contributed by atoms with Gasteiger partial charge < -0.3 is 24.4 Å². The molecule has 1 saturated heterocycles. The summed E-state index contributed by atoms with van der Waals surface area (Å²) in [6, 6.07) is 3.78. The van der Waals surface area contributed by atoms with E-state index in [9.17, 15) is 32.6 Å². The van der Waals surface area contributed by atoms with E-state index < -0.39 is 70.0 Å². The first-order valence-corrected chi connectivity index (χ1v) is 13.0. The maximum absolute atomic E-state index is 15.1. The zero-order chi connectivity index (χ0) is 30.0. The predicted molar refractivity (Wildman–Crippen MR) is 132 cm³/mol. The number of rotatable bonds is 9. The molecule has 2 fully saturated rings. The molecule has 3 aromatic rings. The molecule has 0 amide bonds. The van der Waals surface area contributed by atoms with Gasteiger partial charge in [-0.3, -0.25) is 4.79 Å². The molecule has 1 aliphatic heterocycles. The van der Waals surface area contributed by atoms with Gasteiger partial charge >= 0.3 is 12.1 Å². The number of carbonyl (C=O) groups is 1. The minimum Gasteiger partial charge on any atom is -0.493 e. The number of carboxylic acids is 1. The van der Waals surface area contributed by atoms with Crippen LogP contribution in [0.2, 0.25) is 0 Å². The van der Waals surface area contributed by atoms with Crippen molar-refractivity contribution >= 4 is 5.97 Å². The third kappa shape index (κ3) is 4.94. The normalized spacial score (nSPS) is 21.7. The van der Waals surface area contributed by atoms with Gasteiger partial charge in [0.15, 0.2) is 0 Å². The van der Waals surface area contributed by atoms with Crippen molar-refractivity contribution in [2.75, 3.05) is 19.8 Å². The maximum atomic E-state index is 15.1. The van der Waals surface area contributed by atoms with Gasteiger partial charge in [-0.05, 0) is 35.6 Å². The number of benzene rings is 2. The van der Waals surface area contributed by atoms with Crippen molar-refractivity contribution in [1.82, 2.24) is 4.98 Å². The van der Waals surface area contributed by atoms with Crippen LogP contribution in [0.1, 0.15) is 46.9 Å². The fourth-order valence-electron chi connectivity index (χ4n) is 5.86. The molecule has 7 nitrogen and oxygen atoms in total. The van der Waals surface area contributed by atoms with Crippen molar-refractivity contribution in [3.8, 4) is 22.8 Å². The first kappa shape index (κ1) is 28.3. The molecule has 222 valence electrons. The van der Waals surface area contributed by atoms with Gasteiger partial charge in [-0.15, -0.1) is 0 Å². The van der Waals surface area contributed by atoms with Crippen LogP contribution in [-0.4, -0.2) is 46.6 Å². The first-order chi connectivity index (χ1) is 19.8. The summed E-state index contributed by atoms with van der Waals surface area (Å²) in [7, 11) is 0. The molecule has 2 bridgehead atoms. The zero-order valence-electron chi connectivity index (χ0n) is 21.7. The van der Waals surface area contributed by atoms with E-state index in [0.29, 0.717) is 24.6 Å². The Balaban J connectivity index is 1.25. The number of aliphatic carboxylic acids is 1. The van der Waals surface area contributed by atoms with Crippen LogP contribution in [0.15, 0.2) is 36.5 Å². The van der Waals surface area contributed by atoms with E-state index in [-0.39, 0.29) is 55.8 Å². The Labute approximate surface area is 234 Å². The molecule has 1 aromatic heterocycles. The van der Waals surface area contributed by atoms with Crippen molar-refractivity contribution in [2.45, 2.75) is 43.1 Å². The van der Waals surface area contributed by atoms with Crippen LogP contribution in [0.5, 0.6) is 11.6 Å². The standard InChI is InChI=1S/C29H23F6NO6/c30-21-8-20(29(33,34)35)18(26-22(31)4-14(5-23(26)32)41-2-1-28(39)11-40-12-28)3-13(21)10-42-24-7-15-16-6-17(19(15)9-36-24)25(16)27(37)38/h3-5,7-9,16-17,25,39H,1-2,6,10-12H2,(H,37,38)/t16?,17-,25+/m1/s1. The highest BCUT2D eigenvalue weighted by molar-refractivity contribution is 5.77. The summed E-state index contributed by atoms with van der Waals surface area (Å²) in [4.78, 5) is 15.6. The van der Waals surface area contributed by atoms with Gasteiger partial charge in [-0.25, -0.2) is 18.2 Å². The summed E-state index contributed by atoms with van der Waals surface area (Å²) >= 11 is 0. The molecule has 13 heteroatoms. The van der Waals surface area contributed by atoms with Gasteiger partial charge in [0.1, 0.15) is 35.4 Å². The third-order valence-electron chi connectivity index (χ3n) is 8.13. The summed E-state index contributed by atoms with van der Waals surface area (Å²) in [5, 5.41) is 19.4. The van der Waals surface area contributed by atoms with Gasteiger partial charge in [0.25, 0.3) is 0 Å². The highest BCUT2D eigenvalue weighted by Crippen LogP contribution is 2.62. The van der Waals surface area contributed by atoms with E-state index in [1.165, 1.54) is 12.3 Å². The smallest absolute Gasteiger partial charge is 0.417 e. The SMILES string of the molecule is O=C(O)[C@H]1C2C[C@@H]1c1cnc(OCc3cc(-c4c(F)cc(OCCC5(O)COC5)cc4F)c(C(F)(F)F)cc3F)cc12. The van der Waals surface area contributed by atoms with Crippen molar-refractivity contribution in [2.24, 2.45) is 5.92 Å². The molecule has 42 heavy (non-hydrogen) atoms. The van der Waals surface area contributed by atoms with E-state index >= 15 is 8.78 Å². The Morgan fingerprint density at radius 3 is 2.31 bits per heavy atom. The van der Waals surface area contributed by atoms with E-state index in [0.717, 1.165) is 11.1 Å². The number of hydrogen-bond donors (Lipinski definition) is 2. The second kappa shape index (κ2) is 10.2. The van der Waals surface area contributed by atoms with Crippen molar-refractivity contribution < 1.29 is 55.6 Å². The minimum absolute atomic E-state index is 0.00303. The average molecular weight is 595 g/mol. The largest absolute Gasteiger partial charge is 0.493 e. The van der Waals surface area contributed by atoms with Crippen LogP contribution < -0.4 is 9.47 Å². The number of alkyl halides is 3. The number of halogens is 6. The summed E-state index contributed by atoms with van der Waals surface area (Å²) in [5.74, 6) is -6.18. The number of hydrogen-bond acceptors (Lipinski definition) is 6. The fraction of sp³-hybridized carbons (Fsp3) is 0.379. The molecule has 4 aliphatic rings. The van der Waals surface area contributed by atoms with Gasteiger partial charge in [0, 0.05) is 47.9 Å². The van der Waals surface area contributed by atoms with Gasteiger partial charge in [0.05, 0.1) is 36.9 Å².